The van der Waals surface area contributed by atoms with Crippen LogP contribution in [0.2, 0.25) is 0 Å². The fraction of sp³-hybridized carbons (Fsp3) is 0.182. The van der Waals surface area contributed by atoms with E-state index in [0.29, 0.717) is 6.54 Å². The molecule has 28 heavy (non-hydrogen) atoms. The van der Waals surface area contributed by atoms with Crippen molar-refractivity contribution in [3.05, 3.63) is 71.9 Å². The molecule has 2 aromatic heterocycles. The first-order chi connectivity index (χ1) is 13.7. The summed E-state index contributed by atoms with van der Waals surface area (Å²) in [4.78, 5) is 23.4. The van der Waals surface area contributed by atoms with Gasteiger partial charge < -0.3 is 14.7 Å². The number of rotatable bonds is 4. The summed E-state index contributed by atoms with van der Waals surface area (Å²) < 4.78 is 1.96. The zero-order valence-corrected chi connectivity index (χ0v) is 15.6. The van der Waals surface area contributed by atoms with Crippen LogP contribution in [0.3, 0.4) is 0 Å². The van der Waals surface area contributed by atoms with Crippen molar-refractivity contribution in [2.45, 2.75) is 19.6 Å². The van der Waals surface area contributed by atoms with E-state index in [1.54, 1.807) is 6.20 Å². The van der Waals surface area contributed by atoms with Crippen LogP contribution >= 0.6 is 0 Å². The lowest BCUT2D eigenvalue weighted by Gasteiger charge is -2.15. The molecule has 2 aromatic carbocycles. The van der Waals surface area contributed by atoms with Gasteiger partial charge in [-0.3, -0.25) is 4.79 Å². The molecule has 0 atom stereocenters. The SMILES string of the molecule is CNCc1ccc2c(c1)ON(C(=O)Cn1c3ccccc3c3cccnc31)C2. The molecule has 0 saturated heterocycles. The van der Waals surface area contributed by atoms with E-state index in [1.165, 1.54) is 5.06 Å². The van der Waals surface area contributed by atoms with E-state index in [1.807, 2.05) is 54.1 Å². The number of aromatic nitrogens is 2. The van der Waals surface area contributed by atoms with Gasteiger partial charge >= 0.3 is 0 Å². The van der Waals surface area contributed by atoms with Crippen molar-refractivity contribution in [2.24, 2.45) is 0 Å². The molecule has 140 valence electrons. The van der Waals surface area contributed by atoms with Gasteiger partial charge in [0.1, 0.15) is 12.2 Å². The summed E-state index contributed by atoms with van der Waals surface area (Å²) in [5, 5.41) is 6.72. The summed E-state index contributed by atoms with van der Waals surface area (Å²) in [5.74, 6) is 0.654. The van der Waals surface area contributed by atoms with Crippen molar-refractivity contribution >= 4 is 27.8 Å². The molecule has 6 heteroatoms. The summed E-state index contributed by atoms with van der Waals surface area (Å²) >= 11 is 0. The molecular formula is C22H20N4O2. The molecule has 4 aromatic rings. The maximum absolute atomic E-state index is 13.0. The number of amides is 1. The van der Waals surface area contributed by atoms with Crippen LogP contribution in [0.1, 0.15) is 11.1 Å². The molecule has 1 amide bonds. The monoisotopic (exact) mass is 372 g/mol. The van der Waals surface area contributed by atoms with Crippen LogP contribution in [-0.2, 0) is 24.4 Å². The standard InChI is InChI=1S/C22H20N4O2/c1-23-12-15-8-9-16-13-26(28-20(16)11-15)21(27)14-25-19-7-3-2-5-17(19)18-6-4-10-24-22(18)25/h2-11,23H,12-14H2,1H3. The Hall–Kier alpha value is -3.38. The highest BCUT2D eigenvalue weighted by atomic mass is 16.7. The number of pyridine rings is 1. The van der Waals surface area contributed by atoms with E-state index < -0.39 is 0 Å². The first-order valence-corrected chi connectivity index (χ1v) is 9.31. The van der Waals surface area contributed by atoms with Gasteiger partial charge in [-0.05, 0) is 36.9 Å². The number of hydrogen-bond donors (Lipinski definition) is 1. The second-order valence-corrected chi connectivity index (χ2v) is 6.97. The van der Waals surface area contributed by atoms with Gasteiger partial charge in [0.15, 0.2) is 5.75 Å². The quantitative estimate of drug-likeness (QED) is 0.597. The van der Waals surface area contributed by atoms with Crippen molar-refractivity contribution < 1.29 is 9.63 Å². The van der Waals surface area contributed by atoms with E-state index >= 15 is 0 Å². The molecule has 1 N–H and O–H groups in total. The third-order valence-corrected chi connectivity index (χ3v) is 5.13. The minimum Gasteiger partial charge on any atom is -0.376 e. The maximum atomic E-state index is 13.0. The summed E-state index contributed by atoms with van der Waals surface area (Å²) in [5.41, 5.74) is 3.96. The van der Waals surface area contributed by atoms with E-state index in [2.05, 4.69) is 22.4 Å². The Balaban J connectivity index is 1.45. The average molecular weight is 372 g/mol. The Morgan fingerprint density at radius 2 is 2.00 bits per heavy atom. The second kappa shape index (κ2) is 6.65. The first kappa shape index (κ1) is 16.8. The Kier molecular flexibility index (Phi) is 3.98. The number of nitrogens with zero attached hydrogens (tertiary/aromatic N) is 3. The highest BCUT2D eigenvalue weighted by Crippen LogP contribution is 2.31. The minimum absolute atomic E-state index is 0.0975. The van der Waals surface area contributed by atoms with Crippen molar-refractivity contribution in [1.82, 2.24) is 19.9 Å². The van der Waals surface area contributed by atoms with Gasteiger partial charge in [-0.15, -0.1) is 0 Å². The number of carbonyl (C=O) groups is 1. The number of benzene rings is 2. The highest BCUT2D eigenvalue weighted by molar-refractivity contribution is 6.07. The lowest BCUT2D eigenvalue weighted by molar-refractivity contribution is -0.155. The fourth-order valence-electron chi connectivity index (χ4n) is 3.82. The smallest absolute Gasteiger partial charge is 0.275 e. The van der Waals surface area contributed by atoms with E-state index in [9.17, 15) is 4.79 Å². The molecule has 6 nitrogen and oxygen atoms in total. The molecule has 5 rings (SSSR count). The van der Waals surface area contributed by atoms with Crippen LogP contribution in [0.5, 0.6) is 5.75 Å². The Morgan fingerprint density at radius 3 is 2.89 bits per heavy atom. The van der Waals surface area contributed by atoms with Gasteiger partial charge in [-0.1, -0.05) is 30.3 Å². The predicted molar refractivity (Wildman–Crippen MR) is 108 cm³/mol. The Bertz CT molecular complexity index is 1140. The molecule has 0 fully saturated rings. The van der Waals surface area contributed by atoms with Crippen LogP contribution < -0.4 is 10.2 Å². The summed E-state index contributed by atoms with van der Waals surface area (Å²) in [7, 11) is 1.91. The van der Waals surface area contributed by atoms with E-state index in [-0.39, 0.29) is 12.5 Å². The number of hydroxylamine groups is 2. The lowest BCUT2D eigenvalue weighted by atomic mass is 10.1. The average Bonchev–Trinajstić information content (AvgIpc) is 3.28. The number of para-hydroxylation sites is 1. The number of carbonyl (C=O) groups excluding carboxylic acids is 1. The Labute approximate surface area is 162 Å². The number of nitrogens with one attached hydrogen (secondary N) is 1. The van der Waals surface area contributed by atoms with Crippen molar-refractivity contribution in [3.8, 4) is 5.75 Å². The molecule has 1 aliphatic rings. The molecule has 0 spiro atoms. The Morgan fingerprint density at radius 1 is 1.14 bits per heavy atom. The van der Waals surface area contributed by atoms with Crippen molar-refractivity contribution in [3.63, 3.8) is 0 Å². The van der Waals surface area contributed by atoms with Crippen LogP contribution in [0, 0.1) is 0 Å². The molecular weight excluding hydrogens is 352 g/mol. The molecule has 0 bridgehead atoms. The summed E-state index contributed by atoms with van der Waals surface area (Å²) in [6, 6.07) is 18.1. The van der Waals surface area contributed by atoms with Gasteiger partial charge in [-0.25, -0.2) is 4.98 Å². The first-order valence-electron chi connectivity index (χ1n) is 9.31. The molecule has 1 aliphatic heterocycles. The molecule has 0 saturated carbocycles. The third kappa shape index (κ3) is 2.70. The second-order valence-electron chi connectivity index (χ2n) is 6.97. The normalized spacial score (nSPS) is 13.1. The van der Waals surface area contributed by atoms with Gasteiger partial charge in [0.25, 0.3) is 5.91 Å². The molecule has 0 radical (unpaired) electrons. The van der Waals surface area contributed by atoms with Crippen molar-refractivity contribution in [1.29, 1.82) is 0 Å². The number of fused-ring (bicyclic) bond motifs is 4. The summed E-state index contributed by atoms with van der Waals surface area (Å²) in [6.07, 6.45) is 1.76. The van der Waals surface area contributed by atoms with Crippen LogP contribution in [0.4, 0.5) is 0 Å². The van der Waals surface area contributed by atoms with Crippen LogP contribution in [-0.4, -0.2) is 27.6 Å². The molecule has 0 unspecified atom stereocenters. The number of hydrogen-bond acceptors (Lipinski definition) is 4. The highest BCUT2D eigenvalue weighted by Gasteiger charge is 2.27. The van der Waals surface area contributed by atoms with Gasteiger partial charge in [0, 0.05) is 29.1 Å². The summed E-state index contributed by atoms with van der Waals surface area (Å²) in [6.45, 7) is 1.40. The van der Waals surface area contributed by atoms with Crippen molar-refractivity contribution in [2.75, 3.05) is 7.05 Å². The van der Waals surface area contributed by atoms with E-state index in [4.69, 9.17) is 4.84 Å². The third-order valence-electron chi connectivity index (χ3n) is 5.13. The zero-order valence-electron chi connectivity index (χ0n) is 15.6. The molecule has 3 heterocycles. The van der Waals surface area contributed by atoms with Gasteiger partial charge in [-0.2, -0.15) is 5.06 Å². The van der Waals surface area contributed by atoms with Gasteiger partial charge in [0.05, 0.1) is 12.1 Å². The largest absolute Gasteiger partial charge is 0.376 e. The zero-order chi connectivity index (χ0) is 19.1. The topological polar surface area (TPSA) is 59.4 Å². The van der Waals surface area contributed by atoms with Crippen LogP contribution in [0.25, 0.3) is 21.9 Å². The minimum atomic E-state index is -0.0975. The predicted octanol–water partition coefficient (Wildman–Crippen LogP) is 3.25. The van der Waals surface area contributed by atoms with Crippen LogP contribution in [0.15, 0.2) is 60.8 Å². The fourth-order valence-corrected chi connectivity index (χ4v) is 3.82. The maximum Gasteiger partial charge on any atom is 0.275 e. The van der Waals surface area contributed by atoms with Gasteiger partial charge in [0.2, 0.25) is 0 Å². The lowest BCUT2D eigenvalue weighted by Crippen LogP contribution is -2.32. The molecule has 0 aliphatic carbocycles. The van der Waals surface area contributed by atoms with E-state index in [0.717, 1.165) is 45.4 Å².